The van der Waals surface area contributed by atoms with Gasteiger partial charge < -0.3 is 10.1 Å². The molecule has 2 atom stereocenters. The van der Waals surface area contributed by atoms with Crippen LogP contribution in [-0.4, -0.2) is 12.6 Å². The first kappa shape index (κ1) is 13.9. The molecule has 20 heavy (non-hydrogen) atoms. The quantitative estimate of drug-likeness (QED) is 0.882. The van der Waals surface area contributed by atoms with Crippen molar-refractivity contribution in [3.05, 3.63) is 29.3 Å². The van der Waals surface area contributed by atoms with Crippen LogP contribution in [0, 0.1) is 12.8 Å². The first-order valence-corrected chi connectivity index (χ1v) is 8.24. The molecule has 1 aromatic rings. The number of aryl methyl sites for hydroxylation is 1. The molecular weight excluding hydrogens is 246 g/mol. The molecule has 0 saturated heterocycles. The van der Waals surface area contributed by atoms with Crippen molar-refractivity contribution >= 4 is 0 Å². The van der Waals surface area contributed by atoms with Gasteiger partial charge >= 0.3 is 0 Å². The highest BCUT2D eigenvalue weighted by atomic mass is 16.5. The Morgan fingerprint density at radius 3 is 2.75 bits per heavy atom. The minimum Gasteiger partial charge on any atom is -0.493 e. The Labute approximate surface area is 122 Å². The highest BCUT2D eigenvalue weighted by Gasteiger charge is 2.26. The summed E-state index contributed by atoms with van der Waals surface area (Å²) in [6, 6.07) is 7.64. The normalized spacial score (nSPS) is 24.8. The fraction of sp³-hybridized carbons (Fsp3) is 0.667. The summed E-state index contributed by atoms with van der Waals surface area (Å²) < 4.78 is 5.98. The van der Waals surface area contributed by atoms with E-state index in [1.165, 1.54) is 43.2 Å². The third-order valence-corrected chi connectivity index (χ3v) is 5.07. The number of nitrogens with one attached hydrogen (secondary N) is 1. The van der Waals surface area contributed by atoms with Crippen molar-refractivity contribution in [3.8, 4) is 5.75 Å². The Morgan fingerprint density at radius 2 is 1.95 bits per heavy atom. The van der Waals surface area contributed by atoms with Crippen molar-refractivity contribution in [1.82, 2.24) is 5.32 Å². The third kappa shape index (κ3) is 2.85. The van der Waals surface area contributed by atoms with Crippen molar-refractivity contribution in [1.29, 1.82) is 0 Å². The topological polar surface area (TPSA) is 21.3 Å². The van der Waals surface area contributed by atoms with Crippen LogP contribution in [0.2, 0.25) is 0 Å². The van der Waals surface area contributed by atoms with E-state index >= 15 is 0 Å². The van der Waals surface area contributed by atoms with Crippen molar-refractivity contribution in [3.63, 3.8) is 0 Å². The second kappa shape index (κ2) is 6.17. The van der Waals surface area contributed by atoms with Crippen LogP contribution < -0.4 is 10.1 Å². The molecule has 1 heterocycles. The van der Waals surface area contributed by atoms with Crippen LogP contribution in [0.5, 0.6) is 5.75 Å². The van der Waals surface area contributed by atoms with Crippen molar-refractivity contribution in [2.75, 3.05) is 6.61 Å². The average Bonchev–Trinajstić information content (AvgIpc) is 2.90. The summed E-state index contributed by atoms with van der Waals surface area (Å²) in [6.07, 6.45) is 7.97. The number of hydrogen-bond donors (Lipinski definition) is 1. The SMILES string of the molecule is Cc1cccc2c1OCCCC2N[C@@H](C)C1CCCC1. The van der Waals surface area contributed by atoms with Crippen LogP contribution in [-0.2, 0) is 0 Å². The molecule has 3 rings (SSSR count). The molecule has 0 bridgehead atoms. The monoisotopic (exact) mass is 273 g/mol. The molecule has 0 radical (unpaired) electrons. The fourth-order valence-electron chi connectivity index (χ4n) is 3.85. The first-order valence-electron chi connectivity index (χ1n) is 8.24. The van der Waals surface area contributed by atoms with Gasteiger partial charge in [0.1, 0.15) is 5.75 Å². The van der Waals surface area contributed by atoms with Gasteiger partial charge in [-0.3, -0.25) is 0 Å². The summed E-state index contributed by atoms with van der Waals surface area (Å²) in [6.45, 7) is 5.38. The highest BCUT2D eigenvalue weighted by molar-refractivity contribution is 5.43. The van der Waals surface area contributed by atoms with Gasteiger partial charge in [0.25, 0.3) is 0 Å². The molecule has 0 spiro atoms. The lowest BCUT2D eigenvalue weighted by Crippen LogP contribution is -2.35. The lowest BCUT2D eigenvalue weighted by atomic mass is 9.95. The molecule has 0 amide bonds. The largest absolute Gasteiger partial charge is 0.493 e. The van der Waals surface area contributed by atoms with Gasteiger partial charge in [-0.2, -0.15) is 0 Å². The van der Waals surface area contributed by atoms with E-state index in [0.717, 1.165) is 24.7 Å². The minimum absolute atomic E-state index is 0.461. The van der Waals surface area contributed by atoms with E-state index in [1.54, 1.807) is 0 Å². The summed E-state index contributed by atoms with van der Waals surface area (Å²) >= 11 is 0. The predicted octanol–water partition coefficient (Wildman–Crippen LogP) is 4.38. The van der Waals surface area contributed by atoms with Crippen LogP contribution in [0.1, 0.15) is 62.6 Å². The molecule has 1 N–H and O–H groups in total. The molecule has 1 aromatic carbocycles. The van der Waals surface area contributed by atoms with Crippen molar-refractivity contribution in [2.45, 2.75) is 64.5 Å². The zero-order valence-electron chi connectivity index (χ0n) is 12.8. The lowest BCUT2D eigenvalue weighted by molar-refractivity contribution is 0.308. The van der Waals surface area contributed by atoms with E-state index in [4.69, 9.17) is 4.74 Å². The standard InChI is InChI=1S/C18H27NO/c1-13-7-5-10-16-17(11-6-12-20-18(13)16)19-14(2)15-8-3-4-9-15/h5,7,10,14-15,17,19H,3-4,6,8-9,11-12H2,1-2H3/t14-,17?/m0/s1. The van der Waals surface area contributed by atoms with E-state index < -0.39 is 0 Å². The van der Waals surface area contributed by atoms with Gasteiger partial charge in [-0.25, -0.2) is 0 Å². The van der Waals surface area contributed by atoms with Gasteiger partial charge in [0.15, 0.2) is 0 Å². The highest BCUT2D eigenvalue weighted by Crippen LogP contribution is 2.36. The molecule has 2 nitrogen and oxygen atoms in total. The second-order valence-corrected chi connectivity index (χ2v) is 6.54. The van der Waals surface area contributed by atoms with E-state index in [2.05, 4.69) is 37.4 Å². The van der Waals surface area contributed by atoms with Crippen LogP contribution in [0.25, 0.3) is 0 Å². The third-order valence-electron chi connectivity index (χ3n) is 5.07. The maximum Gasteiger partial charge on any atom is 0.126 e. The predicted molar refractivity (Wildman–Crippen MR) is 83.2 cm³/mol. The van der Waals surface area contributed by atoms with E-state index in [1.807, 2.05) is 0 Å². The molecule has 110 valence electrons. The molecule has 1 aliphatic carbocycles. The number of fused-ring (bicyclic) bond motifs is 1. The van der Waals surface area contributed by atoms with Crippen LogP contribution >= 0.6 is 0 Å². The van der Waals surface area contributed by atoms with Crippen molar-refractivity contribution < 1.29 is 4.74 Å². The van der Waals surface area contributed by atoms with Gasteiger partial charge in [0.05, 0.1) is 6.61 Å². The number of para-hydroxylation sites is 1. The van der Waals surface area contributed by atoms with Gasteiger partial charge in [0.2, 0.25) is 0 Å². The lowest BCUT2D eigenvalue weighted by Gasteiger charge is -2.27. The Kier molecular flexibility index (Phi) is 4.30. The molecule has 1 aliphatic heterocycles. The van der Waals surface area contributed by atoms with E-state index in [0.29, 0.717) is 12.1 Å². The number of hydrogen-bond acceptors (Lipinski definition) is 2. The van der Waals surface area contributed by atoms with Gasteiger partial charge in [-0.05, 0) is 51.0 Å². The Bertz CT molecular complexity index is 451. The molecule has 2 aliphatic rings. The summed E-state index contributed by atoms with van der Waals surface area (Å²) in [5.41, 5.74) is 2.64. The molecule has 1 fully saturated rings. The van der Waals surface area contributed by atoms with Gasteiger partial charge in [-0.1, -0.05) is 31.0 Å². The zero-order valence-corrected chi connectivity index (χ0v) is 12.8. The maximum absolute atomic E-state index is 5.98. The number of rotatable bonds is 3. The van der Waals surface area contributed by atoms with Crippen LogP contribution in [0.4, 0.5) is 0 Å². The fourth-order valence-corrected chi connectivity index (χ4v) is 3.85. The molecule has 1 saturated carbocycles. The second-order valence-electron chi connectivity index (χ2n) is 6.54. The summed E-state index contributed by atoms with van der Waals surface area (Å²) in [4.78, 5) is 0. The van der Waals surface area contributed by atoms with Crippen LogP contribution in [0.15, 0.2) is 18.2 Å². The van der Waals surface area contributed by atoms with Gasteiger partial charge in [-0.15, -0.1) is 0 Å². The average molecular weight is 273 g/mol. The van der Waals surface area contributed by atoms with Gasteiger partial charge in [0, 0.05) is 17.6 Å². The Morgan fingerprint density at radius 1 is 1.15 bits per heavy atom. The Hall–Kier alpha value is -1.02. The summed E-state index contributed by atoms with van der Waals surface area (Å²) in [5, 5.41) is 3.90. The summed E-state index contributed by atoms with van der Waals surface area (Å²) in [7, 11) is 0. The smallest absolute Gasteiger partial charge is 0.126 e. The molecule has 0 aromatic heterocycles. The van der Waals surface area contributed by atoms with E-state index in [-0.39, 0.29) is 0 Å². The maximum atomic E-state index is 5.98. The molecule has 1 unspecified atom stereocenters. The zero-order chi connectivity index (χ0) is 13.9. The summed E-state index contributed by atoms with van der Waals surface area (Å²) in [5.74, 6) is 1.99. The number of ether oxygens (including phenoxy) is 1. The Balaban J connectivity index is 1.77. The molecule has 2 heteroatoms. The number of benzene rings is 1. The minimum atomic E-state index is 0.461. The molecular formula is C18H27NO. The van der Waals surface area contributed by atoms with Crippen LogP contribution in [0.3, 0.4) is 0 Å². The van der Waals surface area contributed by atoms with E-state index in [9.17, 15) is 0 Å². The first-order chi connectivity index (χ1) is 9.75. The van der Waals surface area contributed by atoms with Crippen molar-refractivity contribution in [2.24, 2.45) is 5.92 Å².